The molecule has 2 aromatic rings. The van der Waals surface area contributed by atoms with E-state index in [9.17, 15) is 0 Å². The van der Waals surface area contributed by atoms with E-state index in [1.807, 2.05) is 13.0 Å². The summed E-state index contributed by atoms with van der Waals surface area (Å²) in [6, 6.07) is 3.59. The summed E-state index contributed by atoms with van der Waals surface area (Å²) >= 11 is 7.38. The van der Waals surface area contributed by atoms with Crippen LogP contribution < -0.4 is 0 Å². The lowest BCUT2D eigenvalue weighted by Crippen LogP contribution is -1.97. The van der Waals surface area contributed by atoms with Crippen LogP contribution in [-0.4, -0.2) is 19.9 Å². The van der Waals surface area contributed by atoms with Crippen molar-refractivity contribution >= 4 is 23.4 Å². The van der Waals surface area contributed by atoms with Gasteiger partial charge in [-0.25, -0.2) is 19.9 Å². The minimum atomic E-state index is 0.462. The lowest BCUT2D eigenvalue weighted by atomic mass is 10.3. The van der Waals surface area contributed by atoms with Gasteiger partial charge in [-0.1, -0.05) is 18.5 Å². The molecule has 0 N–H and O–H groups in total. The Morgan fingerprint density at radius 1 is 1.28 bits per heavy atom. The normalized spacial score (nSPS) is 10.6. The summed E-state index contributed by atoms with van der Waals surface area (Å²) in [5.41, 5.74) is 0.932. The summed E-state index contributed by atoms with van der Waals surface area (Å²) in [5.74, 6) is 0.764. The quantitative estimate of drug-likeness (QED) is 0.635. The van der Waals surface area contributed by atoms with Crippen molar-refractivity contribution in [2.45, 2.75) is 36.9 Å². The van der Waals surface area contributed by atoms with Crippen LogP contribution in [0.1, 0.15) is 24.9 Å². The Morgan fingerprint density at radius 3 is 2.83 bits per heavy atom. The van der Waals surface area contributed by atoms with Gasteiger partial charge in [0.05, 0.1) is 0 Å². The maximum absolute atomic E-state index is 5.98. The standard InChI is InChI=1S/C12H13ClN4S/c1-3-4-10-16-9(13)7-11(17-10)18-12-14-6-5-8(2)15-12/h5-7H,3-4H2,1-2H3. The molecule has 94 valence electrons. The van der Waals surface area contributed by atoms with Crippen molar-refractivity contribution in [1.29, 1.82) is 0 Å². The molecule has 0 saturated carbocycles. The van der Waals surface area contributed by atoms with Gasteiger partial charge in [-0.15, -0.1) is 0 Å². The van der Waals surface area contributed by atoms with Crippen LogP contribution in [-0.2, 0) is 6.42 Å². The third-order valence-electron chi connectivity index (χ3n) is 2.16. The van der Waals surface area contributed by atoms with Crippen molar-refractivity contribution in [1.82, 2.24) is 19.9 Å². The molecule has 0 aliphatic rings. The summed E-state index contributed by atoms with van der Waals surface area (Å²) in [4.78, 5) is 17.1. The summed E-state index contributed by atoms with van der Waals surface area (Å²) in [6.45, 7) is 4.02. The van der Waals surface area contributed by atoms with E-state index in [0.717, 1.165) is 29.4 Å². The maximum atomic E-state index is 5.98. The number of aromatic nitrogens is 4. The molecule has 0 fully saturated rings. The third-order valence-corrected chi connectivity index (χ3v) is 3.15. The zero-order valence-electron chi connectivity index (χ0n) is 10.2. The average molecular weight is 281 g/mol. The molecule has 0 bridgehead atoms. The number of hydrogen-bond acceptors (Lipinski definition) is 5. The molecule has 0 aliphatic carbocycles. The van der Waals surface area contributed by atoms with Crippen molar-refractivity contribution in [2.24, 2.45) is 0 Å². The zero-order valence-corrected chi connectivity index (χ0v) is 11.8. The van der Waals surface area contributed by atoms with Crippen molar-refractivity contribution in [2.75, 3.05) is 0 Å². The minimum Gasteiger partial charge on any atom is -0.231 e. The third kappa shape index (κ3) is 3.65. The van der Waals surface area contributed by atoms with Crippen LogP contribution in [0.3, 0.4) is 0 Å². The highest BCUT2D eigenvalue weighted by molar-refractivity contribution is 7.99. The molecule has 0 saturated heterocycles. The van der Waals surface area contributed by atoms with E-state index in [2.05, 4.69) is 26.9 Å². The van der Waals surface area contributed by atoms with Crippen LogP contribution in [0.5, 0.6) is 0 Å². The Hall–Kier alpha value is -1.20. The van der Waals surface area contributed by atoms with Gasteiger partial charge in [0.2, 0.25) is 0 Å². The van der Waals surface area contributed by atoms with Crippen molar-refractivity contribution in [3.63, 3.8) is 0 Å². The number of rotatable bonds is 4. The maximum Gasteiger partial charge on any atom is 0.194 e. The number of halogens is 1. The fraction of sp³-hybridized carbons (Fsp3) is 0.333. The first kappa shape index (κ1) is 13.2. The number of nitrogens with zero attached hydrogens (tertiary/aromatic N) is 4. The van der Waals surface area contributed by atoms with Gasteiger partial charge in [-0.3, -0.25) is 0 Å². The second-order valence-corrected chi connectivity index (χ2v) is 5.15. The lowest BCUT2D eigenvalue weighted by Gasteiger charge is -2.03. The van der Waals surface area contributed by atoms with Crippen LogP contribution in [0.15, 0.2) is 28.5 Å². The SMILES string of the molecule is CCCc1nc(Cl)cc(Sc2nccc(C)n2)n1. The molecule has 18 heavy (non-hydrogen) atoms. The molecule has 0 atom stereocenters. The largest absolute Gasteiger partial charge is 0.231 e. The van der Waals surface area contributed by atoms with Gasteiger partial charge < -0.3 is 0 Å². The highest BCUT2D eigenvalue weighted by Crippen LogP contribution is 2.24. The van der Waals surface area contributed by atoms with Gasteiger partial charge in [0.25, 0.3) is 0 Å². The van der Waals surface area contributed by atoms with Gasteiger partial charge in [0.15, 0.2) is 5.16 Å². The van der Waals surface area contributed by atoms with Gasteiger partial charge in [0.1, 0.15) is 16.0 Å². The smallest absolute Gasteiger partial charge is 0.194 e. The Kier molecular flexibility index (Phi) is 4.49. The van der Waals surface area contributed by atoms with Crippen LogP contribution in [0.4, 0.5) is 0 Å². The molecule has 0 aromatic carbocycles. The summed E-state index contributed by atoms with van der Waals surface area (Å²) in [7, 11) is 0. The van der Waals surface area contributed by atoms with E-state index in [-0.39, 0.29) is 0 Å². The molecular weight excluding hydrogens is 268 g/mol. The molecular formula is C12H13ClN4S. The highest BCUT2D eigenvalue weighted by atomic mass is 35.5. The van der Waals surface area contributed by atoms with Crippen LogP contribution >= 0.6 is 23.4 Å². The van der Waals surface area contributed by atoms with Crippen molar-refractivity contribution < 1.29 is 0 Å². The van der Waals surface area contributed by atoms with Crippen molar-refractivity contribution in [3.8, 4) is 0 Å². The second-order valence-electron chi connectivity index (χ2n) is 3.78. The zero-order chi connectivity index (χ0) is 13.0. The second kappa shape index (κ2) is 6.11. The summed E-state index contributed by atoms with van der Waals surface area (Å²) in [6.07, 6.45) is 3.55. The van der Waals surface area contributed by atoms with E-state index >= 15 is 0 Å². The van der Waals surface area contributed by atoms with Gasteiger partial charge in [-0.05, 0) is 31.2 Å². The molecule has 2 rings (SSSR count). The first-order chi connectivity index (χ1) is 8.67. The van der Waals surface area contributed by atoms with Gasteiger partial charge in [0, 0.05) is 24.4 Å². The topological polar surface area (TPSA) is 51.6 Å². The molecule has 0 spiro atoms. The first-order valence-corrected chi connectivity index (χ1v) is 6.88. The highest BCUT2D eigenvalue weighted by Gasteiger charge is 2.06. The molecule has 0 radical (unpaired) electrons. The van der Waals surface area contributed by atoms with E-state index in [0.29, 0.717) is 10.3 Å². The van der Waals surface area contributed by atoms with Crippen LogP contribution in [0, 0.1) is 6.92 Å². The van der Waals surface area contributed by atoms with Crippen LogP contribution in [0.2, 0.25) is 5.15 Å². The molecule has 0 amide bonds. The Labute approximate surface area is 115 Å². The Morgan fingerprint density at radius 2 is 2.11 bits per heavy atom. The fourth-order valence-electron chi connectivity index (χ4n) is 1.40. The van der Waals surface area contributed by atoms with E-state index in [1.165, 1.54) is 11.8 Å². The lowest BCUT2D eigenvalue weighted by molar-refractivity contribution is 0.808. The monoisotopic (exact) mass is 280 g/mol. The predicted molar refractivity (Wildman–Crippen MR) is 71.9 cm³/mol. The van der Waals surface area contributed by atoms with E-state index in [4.69, 9.17) is 11.6 Å². The summed E-state index contributed by atoms with van der Waals surface area (Å²) in [5, 5.41) is 1.92. The van der Waals surface area contributed by atoms with Crippen LogP contribution in [0.25, 0.3) is 0 Å². The fourth-order valence-corrected chi connectivity index (χ4v) is 2.48. The average Bonchev–Trinajstić information content (AvgIpc) is 2.28. The molecule has 0 unspecified atom stereocenters. The summed E-state index contributed by atoms with van der Waals surface area (Å²) < 4.78 is 0. The van der Waals surface area contributed by atoms with Gasteiger partial charge >= 0.3 is 0 Å². The van der Waals surface area contributed by atoms with E-state index in [1.54, 1.807) is 12.3 Å². The number of aryl methyl sites for hydroxylation is 2. The Balaban J connectivity index is 2.23. The Bertz CT molecular complexity index is 547. The molecule has 4 nitrogen and oxygen atoms in total. The predicted octanol–water partition coefficient (Wildman–Crippen LogP) is 3.33. The molecule has 2 heterocycles. The molecule has 2 aromatic heterocycles. The minimum absolute atomic E-state index is 0.462. The molecule has 6 heteroatoms. The van der Waals surface area contributed by atoms with E-state index < -0.39 is 0 Å². The number of hydrogen-bond donors (Lipinski definition) is 0. The first-order valence-electron chi connectivity index (χ1n) is 5.68. The molecule has 0 aliphatic heterocycles. The van der Waals surface area contributed by atoms with Gasteiger partial charge in [-0.2, -0.15) is 0 Å². The van der Waals surface area contributed by atoms with Crippen molar-refractivity contribution in [3.05, 3.63) is 35.0 Å².